The summed E-state index contributed by atoms with van der Waals surface area (Å²) in [7, 11) is 0. The van der Waals surface area contributed by atoms with Gasteiger partial charge in [-0.05, 0) is 12.1 Å². The maximum Gasteiger partial charge on any atom is 0.255 e. The van der Waals surface area contributed by atoms with Crippen LogP contribution in [-0.4, -0.2) is 25.4 Å². The average Bonchev–Trinajstić information content (AvgIpc) is 2.92. The molecule has 0 aliphatic carbocycles. The number of imidazole rings is 1. The van der Waals surface area contributed by atoms with Gasteiger partial charge in [-0.25, -0.2) is 14.4 Å². The molecule has 0 aliphatic heterocycles. The van der Waals surface area contributed by atoms with Crippen molar-refractivity contribution in [1.29, 1.82) is 0 Å². The van der Waals surface area contributed by atoms with Crippen molar-refractivity contribution in [3.8, 4) is 5.75 Å². The van der Waals surface area contributed by atoms with Gasteiger partial charge in [0.2, 0.25) is 5.78 Å². The van der Waals surface area contributed by atoms with Crippen LogP contribution >= 0.6 is 0 Å². The van der Waals surface area contributed by atoms with Crippen molar-refractivity contribution in [1.82, 2.24) is 19.7 Å². The van der Waals surface area contributed by atoms with Gasteiger partial charge in [0.1, 0.15) is 11.6 Å². The third-order valence-corrected chi connectivity index (χ3v) is 2.96. The Kier molecular flexibility index (Phi) is 3.23. The zero-order valence-electron chi connectivity index (χ0n) is 10.8. The molecule has 7 heteroatoms. The number of fused-ring (bicyclic) bond motifs is 1. The van der Waals surface area contributed by atoms with Crippen LogP contribution in [0.5, 0.6) is 5.75 Å². The fraction of sp³-hybridized carbons (Fsp3) is 0.0714. The van der Waals surface area contributed by atoms with Crippen molar-refractivity contribution in [2.45, 2.75) is 6.54 Å². The normalized spacial score (nSPS) is 10.7. The monoisotopic (exact) mass is 286 g/mol. The number of rotatable bonds is 3. The number of nitrogens with one attached hydrogen (secondary N) is 1. The summed E-state index contributed by atoms with van der Waals surface area (Å²) in [4.78, 5) is 20.1. The number of phenols is 1. The summed E-state index contributed by atoms with van der Waals surface area (Å²) in [6.07, 6.45) is 6.77. The summed E-state index contributed by atoms with van der Waals surface area (Å²) < 4.78 is 14.6. The van der Waals surface area contributed by atoms with Crippen LogP contribution in [0.2, 0.25) is 0 Å². The molecule has 2 aromatic heterocycles. The van der Waals surface area contributed by atoms with E-state index in [0.29, 0.717) is 5.78 Å². The number of nitrogens with zero attached hydrogens (tertiary/aromatic N) is 3. The average molecular weight is 286 g/mol. The molecule has 0 atom stereocenters. The number of benzene rings is 1. The third-order valence-electron chi connectivity index (χ3n) is 2.96. The number of phenolic OH excluding ortho intramolecular Hbond substituents is 1. The van der Waals surface area contributed by atoms with Crippen LogP contribution in [-0.2, 0) is 6.54 Å². The Morgan fingerprint density at radius 2 is 2.24 bits per heavy atom. The number of hydrogen-bond donors (Lipinski definition) is 2. The van der Waals surface area contributed by atoms with Gasteiger partial charge in [-0.2, -0.15) is 0 Å². The van der Waals surface area contributed by atoms with E-state index in [2.05, 4.69) is 15.3 Å². The van der Waals surface area contributed by atoms with Crippen LogP contribution in [0.15, 0.2) is 43.0 Å². The standard InChI is InChI=1S/C14H11FN4O2/c15-10-1-2-11(12(20)5-10)13(21)17-6-9-7-18-14-16-3-4-19(14)8-9/h1-5,7-8,20H,6H2,(H,17,21). The highest BCUT2D eigenvalue weighted by atomic mass is 19.1. The summed E-state index contributed by atoms with van der Waals surface area (Å²) in [5, 5.41) is 12.2. The van der Waals surface area contributed by atoms with Crippen LogP contribution < -0.4 is 5.32 Å². The first-order valence-electron chi connectivity index (χ1n) is 6.18. The molecule has 3 aromatic rings. The number of carbonyl (C=O) groups is 1. The van der Waals surface area contributed by atoms with Crippen molar-refractivity contribution in [2.75, 3.05) is 0 Å². The number of aromatic hydroxyl groups is 1. The lowest BCUT2D eigenvalue weighted by Crippen LogP contribution is -2.23. The van der Waals surface area contributed by atoms with Crippen molar-refractivity contribution in [3.05, 3.63) is 59.9 Å². The molecule has 0 saturated carbocycles. The van der Waals surface area contributed by atoms with E-state index in [9.17, 15) is 14.3 Å². The highest BCUT2D eigenvalue weighted by molar-refractivity contribution is 5.96. The van der Waals surface area contributed by atoms with Gasteiger partial charge in [0, 0.05) is 43.0 Å². The van der Waals surface area contributed by atoms with E-state index in [1.54, 1.807) is 29.2 Å². The largest absolute Gasteiger partial charge is 0.507 e. The molecule has 0 aliphatic rings. The first kappa shape index (κ1) is 13.0. The first-order valence-corrected chi connectivity index (χ1v) is 6.18. The Morgan fingerprint density at radius 3 is 3.05 bits per heavy atom. The number of amides is 1. The van der Waals surface area contributed by atoms with Gasteiger partial charge in [0.15, 0.2) is 0 Å². The van der Waals surface area contributed by atoms with E-state index in [-0.39, 0.29) is 12.1 Å². The minimum Gasteiger partial charge on any atom is -0.507 e. The summed E-state index contributed by atoms with van der Waals surface area (Å²) in [6.45, 7) is 0.233. The maximum absolute atomic E-state index is 12.9. The van der Waals surface area contributed by atoms with Crippen LogP contribution in [0.3, 0.4) is 0 Å². The fourth-order valence-corrected chi connectivity index (χ4v) is 1.92. The Hall–Kier alpha value is -2.96. The van der Waals surface area contributed by atoms with Gasteiger partial charge in [0.05, 0.1) is 5.56 Å². The summed E-state index contributed by atoms with van der Waals surface area (Å²) >= 11 is 0. The lowest BCUT2D eigenvalue weighted by atomic mass is 10.2. The molecule has 2 heterocycles. The van der Waals surface area contributed by atoms with E-state index in [0.717, 1.165) is 17.7 Å². The number of carbonyl (C=O) groups excluding carboxylic acids is 1. The topological polar surface area (TPSA) is 79.5 Å². The molecular weight excluding hydrogens is 275 g/mol. The zero-order valence-corrected chi connectivity index (χ0v) is 10.8. The molecule has 0 radical (unpaired) electrons. The number of halogens is 1. The molecule has 1 amide bonds. The SMILES string of the molecule is O=C(NCc1cnc2nccn2c1)c1ccc(F)cc1O. The van der Waals surface area contributed by atoms with Crippen molar-refractivity contribution >= 4 is 11.7 Å². The molecule has 6 nitrogen and oxygen atoms in total. The minimum absolute atomic E-state index is 0.0214. The molecule has 3 rings (SSSR count). The predicted octanol–water partition coefficient (Wildman–Crippen LogP) is 1.50. The molecule has 0 fully saturated rings. The highest BCUT2D eigenvalue weighted by Gasteiger charge is 2.11. The second-order valence-electron chi connectivity index (χ2n) is 4.44. The molecule has 0 unspecified atom stereocenters. The van der Waals surface area contributed by atoms with Gasteiger partial charge in [-0.15, -0.1) is 0 Å². The highest BCUT2D eigenvalue weighted by Crippen LogP contribution is 2.17. The molecule has 0 saturated heterocycles. The lowest BCUT2D eigenvalue weighted by molar-refractivity contribution is 0.0948. The predicted molar refractivity (Wildman–Crippen MR) is 72.2 cm³/mol. The minimum atomic E-state index is -0.598. The molecule has 106 valence electrons. The number of hydrogen-bond acceptors (Lipinski definition) is 4. The molecule has 0 spiro atoms. The smallest absolute Gasteiger partial charge is 0.255 e. The molecule has 21 heavy (non-hydrogen) atoms. The summed E-state index contributed by atoms with van der Waals surface area (Å²) in [6, 6.07) is 3.25. The van der Waals surface area contributed by atoms with E-state index in [1.165, 1.54) is 6.07 Å². The van der Waals surface area contributed by atoms with Gasteiger partial charge in [0.25, 0.3) is 5.91 Å². The van der Waals surface area contributed by atoms with Gasteiger partial charge < -0.3 is 10.4 Å². The molecule has 0 bridgehead atoms. The van der Waals surface area contributed by atoms with Gasteiger partial charge in [-0.1, -0.05) is 0 Å². The van der Waals surface area contributed by atoms with Crippen molar-refractivity contribution < 1.29 is 14.3 Å². The van der Waals surface area contributed by atoms with Gasteiger partial charge in [-0.3, -0.25) is 9.20 Å². The van der Waals surface area contributed by atoms with E-state index in [1.807, 2.05) is 0 Å². The fourth-order valence-electron chi connectivity index (χ4n) is 1.92. The second kappa shape index (κ2) is 5.20. The Bertz CT molecular complexity index is 816. The maximum atomic E-state index is 12.9. The van der Waals surface area contributed by atoms with Crippen LogP contribution in [0.25, 0.3) is 5.78 Å². The Labute approximate surface area is 118 Å². The molecule has 1 aromatic carbocycles. The van der Waals surface area contributed by atoms with E-state index in [4.69, 9.17) is 0 Å². The first-order chi connectivity index (χ1) is 10.1. The van der Waals surface area contributed by atoms with Crippen molar-refractivity contribution in [3.63, 3.8) is 0 Å². The van der Waals surface area contributed by atoms with Crippen LogP contribution in [0.1, 0.15) is 15.9 Å². The molecular formula is C14H11FN4O2. The zero-order chi connectivity index (χ0) is 14.8. The van der Waals surface area contributed by atoms with E-state index < -0.39 is 17.5 Å². The van der Waals surface area contributed by atoms with Gasteiger partial charge >= 0.3 is 0 Å². The Morgan fingerprint density at radius 1 is 1.38 bits per heavy atom. The lowest BCUT2D eigenvalue weighted by Gasteiger charge is -2.07. The Balaban J connectivity index is 1.73. The molecule has 2 N–H and O–H groups in total. The second-order valence-corrected chi connectivity index (χ2v) is 4.44. The van der Waals surface area contributed by atoms with Crippen molar-refractivity contribution in [2.24, 2.45) is 0 Å². The van der Waals surface area contributed by atoms with Crippen LogP contribution in [0, 0.1) is 5.82 Å². The summed E-state index contributed by atoms with van der Waals surface area (Å²) in [5.41, 5.74) is 0.795. The van der Waals surface area contributed by atoms with Crippen LogP contribution in [0.4, 0.5) is 4.39 Å². The summed E-state index contributed by atoms with van der Waals surface area (Å²) in [5.74, 6) is -0.908. The quantitative estimate of drug-likeness (QED) is 0.764. The van der Waals surface area contributed by atoms with E-state index >= 15 is 0 Å². The number of aromatic nitrogens is 3. The third kappa shape index (κ3) is 2.66.